The zero-order valence-electron chi connectivity index (χ0n) is 20.2. The molecular weight excluding hydrogens is 434 g/mol. The Balaban J connectivity index is 1.57. The van der Waals surface area contributed by atoms with Crippen LogP contribution in [-0.4, -0.2) is 70.2 Å². The summed E-state index contributed by atoms with van der Waals surface area (Å²) in [5.74, 6) is -0.547. The first-order chi connectivity index (χ1) is 16.4. The lowest BCUT2D eigenvalue weighted by molar-refractivity contribution is -0.144. The molecule has 2 heterocycles. The number of amides is 3. The van der Waals surface area contributed by atoms with Crippen LogP contribution in [0.2, 0.25) is 0 Å². The Morgan fingerprint density at radius 1 is 1.09 bits per heavy atom. The van der Waals surface area contributed by atoms with Gasteiger partial charge in [-0.05, 0) is 56.1 Å². The van der Waals surface area contributed by atoms with Crippen molar-refractivity contribution in [3.63, 3.8) is 0 Å². The summed E-state index contributed by atoms with van der Waals surface area (Å²) in [6.07, 6.45) is 5.95. The van der Waals surface area contributed by atoms with Crippen molar-refractivity contribution in [3.8, 4) is 0 Å². The van der Waals surface area contributed by atoms with Gasteiger partial charge in [-0.25, -0.2) is 0 Å². The molecule has 0 spiro atoms. The van der Waals surface area contributed by atoms with Gasteiger partial charge < -0.3 is 25.7 Å². The topological polar surface area (TPSA) is 119 Å². The SMILES string of the molecule is CCc1ccc(CCC(=O)N[C@H]2CCCCC3CC[C@@H](C(=O)NCC[C@H](O)CO)N3C2=O)cc1. The van der Waals surface area contributed by atoms with Gasteiger partial charge >= 0.3 is 0 Å². The van der Waals surface area contributed by atoms with Crippen molar-refractivity contribution in [2.75, 3.05) is 13.2 Å². The van der Waals surface area contributed by atoms with Gasteiger partial charge in [-0.1, -0.05) is 44.0 Å². The molecular formula is C26H39N3O5. The number of hydrogen-bond donors (Lipinski definition) is 4. The molecule has 4 atom stereocenters. The van der Waals surface area contributed by atoms with E-state index in [0.29, 0.717) is 25.7 Å². The molecule has 8 nitrogen and oxygen atoms in total. The second-order valence-electron chi connectivity index (χ2n) is 9.48. The molecule has 0 aromatic heterocycles. The third kappa shape index (κ3) is 7.03. The van der Waals surface area contributed by atoms with E-state index < -0.39 is 18.2 Å². The van der Waals surface area contributed by atoms with E-state index in [1.165, 1.54) is 5.56 Å². The van der Waals surface area contributed by atoms with Crippen LogP contribution in [0.1, 0.15) is 69.4 Å². The van der Waals surface area contributed by atoms with Gasteiger partial charge in [0.2, 0.25) is 17.7 Å². The van der Waals surface area contributed by atoms with Gasteiger partial charge in [0, 0.05) is 19.0 Å². The summed E-state index contributed by atoms with van der Waals surface area (Å²) in [5, 5.41) is 24.2. The Kier molecular flexibility index (Phi) is 9.89. The van der Waals surface area contributed by atoms with E-state index in [1.54, 1.807) is 4.90 Å². The number of hydrogen-bond acceptors (Lipinski definition) is 5. The maximum atomic E-state index is 13.5. The van der Waals surface area contributed by atoms with E-state index in [0.717, 1.165) is 37.7 Å². The van der Waals surface area contributed by atoms with E-state index in [1.807, 2.05) is 12.1 Å². The molecule has 2 aliphatic heterocycles. The zero-order chi connectivity index (χ0) is 24.5. The largest absolute Gasteiger partial charge is 0.394 e. The van der Waals surface area contributed by atoms with E-state index in [4.69, 9.17) is 5.11 Å². The van der Waals surface area contributed by atoms with Crippen molar-refractivity contribution in [2.45, 2.75) is 95.4 Å². The number of aliphatic hydroxyl groups excluding tert-OH is 2. The highest BCUT2D eigenvalue weighted by atomic mass is 16.3. The van der Waals surface area contributed by atoms with Crippen LogP contribution in [0.15, 0.2) is 24.3 Å². The predicted molar refractivity (Wildman–Crippen MR) is 129 cm³/mol. The van der Waals surface area contributed by atoms with E-state index in [-0.39, 0.29) is 43.3 Å². The molecule has 1 aromatic rings. The molecule has 0 radical (unpaired) electrons. The maximum Gasteiger partial charge on any atom is 0.246 e. The van der Waals surface area contributed by atoms with Crippen LogP contribution in [0.5, 0.6) is 0 Å². The summed E-state index contributed by atoms with van der Waals surface area (Å²) >= 11 is 0. The molecule has 1 aromatic carbocycles. The standard InChI is InChI=1S/C26H39N3O5/c1-2-18-7-9-19(10-8-18)11-14-24(32)28-22-6-4-3-5-20-12-13-23(29(20)26(22)34)25(33)27-16-15-21(31)17-30/h7-10,20-23,30-31H,2-6,11-17H2,1H3,(H,27,33)(H,28,32)/t20?,21-,22-,23-/m0/s1. The second-order valence-corrected chi connectivity index (χ2v) is 9.48. The summed E-state index contributed by atoms with van der Waals surface area (Å²) in [7, 11) is 0. The Hall–Kier alpha value is -2.45. The van der Waals surface area contributed by atoms with Crippen molar-refractivity contribution in [1.29, 1.82) is 0 Å². The summed E-state index contributed by atoms with van der Waals surface area (Å²) in [6.45, 7) is 2.00. The number of rotatable bonds is 10. The summed E-state index contributed by atoms with van der Waals surface area (Å²) in [5.41, 5.74) is 2.36. The van der Waals surface area contributed by atoms with Gasteiger partial charge in [0.15, 0.2) is 0 Å². The van der Waals surface area contributed by atoms with Crippen LogP contribution in [0.4, 0.5) is 0 Å². The average Bonchev–Trinajstić information content (AvgIpc) is 3.26. The molecule has 2 aliphatic rings. The number of aryl methyl sites for hydroxylation is 2. The van der Waals surface area contributed by atoms with Gasteiger partial charge in [0.25, 0.3) is 0 Å². The first kappa shape index (κ1) is 26.2. The van der Waals surface area contributed by atoms with Crippen molar-refractivity contribution < 1.29 is 24.6 Å². The summed E-state index contributed by atoms with van der Waals surface area (Å²) < 4.78 is 0. The third-order valence-corrected chi connectivity index (χ3v) is 7.03. The normalized spacial score (nSPS) is 23.6. The highest BCUT2D eigenvalue weighted by Gasteiger charge is 2.43. The number of fused-ring (bicyclic) bond motifs is 1. The Morgan fingerprint density at radius 3 is 2.50 bits per heavy atom. The quantitative estimate of drug-likeness (QED) is 0.410. The lowest BCUT2D eigenvalue weighted by Gasteiger charge is -2.35. The fourth-order valence-electron chi connectivity index (χ4n) is 4.96. The minimum Gasteiger partial charge on any atom is -0.394 e. The first-order valence-electron chi connectivity index (χ1n) is 12.7. The van der Waals surface area contributed by atoms with Gasteiger partial charge in [0.1, 0.15) is 12.1 Å². The van der Waals surface area contributed by atoms with Crippen LogP contribution in [0.3, 0.4) is 0 Å². The molecule has 188 valence electrons. The predicted octanol–water partition coefficient (Wildman–Crippen LogP) is 1.46. The van der Waals surface area contributed by atoms with Crippen molar-refractivity contribution in [1.82, 2.24) is 15.5 Å². The van der Waals surface area contributed by atoms with Gasteiger partial charge in [-0.15, -0.1) is 0 Å². The highest BCUT2D eigenvalue weighted by molar-refractivity contribution is 5.93. The van der Waals surface area contributed by atoms with Crippen LogP contribution >= 0.6 is 0 Å². The smallest absolute Gasteiger partial charge is 0.246 e. The fraction of sp³-hybridized carbons (Fsp3) is 0.654. The van der Waals surface area contributed by atoms with Crippen molar-refractivity contribution in [3.05, 3.63) is 35.4 Å². The van der Waals surface area contributed by atoms with Crippen molar-refractivity contribution in [2.24, 2.45) is 0 Å². The molecule has 4 N–H and O–H groups in total. The molecule has 0 saturated carbocycles. The third-order valence-electron chi connectivity index (χ3n) is 7.03. The molecule has 34 heavy (non-hydrogen) atoms. The number of carbonyl (C=O) groups excluding carboxylic acids is 3. The van der Waals surface area contributed by atoms with E-state index in [2.05, 4.69) is 29.7 Å². The first-order valence-corrected chi connectivity index (χ1v) is 12.7. The molecule has 1 unspecified atom stereocenters. The molecule has 2 saturated heterocycles. The molecule has 2 fully saturated rings. The number of nitrogens with zero attached hydrogens (tertiary/aromatic N) is 1. The van der Waals surface area contributed by atoms with Gasteiger partial charge in [0.05, 0.1) is 12.7 Å². The minimum absolute atomic E-state index is 0.0167. The molecule has 3 rings (SSSR count). The number of nitrogens with one attached hydrogen (secondary N) is 2. The maximum absolute atomic E-state index is 13.5. The van der Waals surface area contributed by atoms with Crippen LogP contribution in [-0.2, 0) is 27.2 Å². The molecule has 0 bridgehead atoms. The van der Waals surface area contributed by atoms with E-state index in [9.17, 15) is 19.5 Å². The Bertz CT molecular complexity index is 828. The fourth-order valence-corrected chi connectivity index (χ4v) is 4.96. The van der Waals surface area contributed by atoms with Crippen LogP contribution < -0.4 is 10.6 Å². The van der Waals surface area contributed by atoms with Crippen molar-refractivity contribution >= 4 is 17.7 Å². The number of benzene rings is 1. The zero-order valence-corrected chi connectivity index (χ0v) is 20.2. The minimum atomic E-state index is -0.871. The summed E-state index contributed by atoms with van der Waals surface area (Å²) in [6, 6.07) is 7.10. The Labute approximate surface area is 202 Å². The van der Waals surface area contributed by atoms with Crippen LogP contribution in [0.25, 0.3) is 0 Å². The van der Waals surface area contributed by atoms with Gasteiger partial charge in [-0.3, -0.25) is 14.4 Å². The monoisotopic (exact) mass is 473 g/mol. The molecule has 8 heteroatoms. The van der Waals surface area contributed by atoms with Crippen LogP contribution in [0, 0.1) is 0 Å². The molecule has 0 aliphatic carbocycles. The number of carbonyl (C=O) groups is 3. The highest BCUT2D eigenvalue weighted by Crippen LogP contribution is 2.31. The lowest BCUT2D eigenvalue weighted by atomic mass is 9.98. The average molecular weight is 474 g/mol. The lowest BCUT2D eigenvalue weighted by Crippen LogP contribution is -2.56. The van der Waals surface area contributed by atoms with Gasteiger partial charge in [-0.2, -0.15) is 0 Å². The molecule has 3 amide bonds. The second kappa shape index (κ2) is 12.9. The summed E-state index contributed by atoms with van der Waals surface area (Å²) in [4.78, 5) is 40.7. The number of aliphatic hydroxyl groups is 2. The Morgan fingerprint density at radius 2 is 1.79 bits per heavy atom. The van der Waals surface area contributed by atoms with E-state index >= 15 is 0 Å².